The van der Waals surface area contributed by atoms with Crippen molar-refractivity contribution in [2.45, 2.75) is 39.8 Å². The number of hydrazine groups is 1. The maximum Gasteiger partial charge on any atom is 0.238 e. The van der Waals surface area contributed by atoms with Crippen molar-refractivity contribution in [2.75, 3.05) is 20.2 Å². The zero-order valence-corrected chi connectivity index (χ0v) is 11.0. The largest absolute Gasteiger partial charge is 0.377 e. The van der Waals surface area contributed by atoms with Gasteiger partial charge in [0.05, 0.1) is 18.6 Å². The zero-order valence-electron chi connectivity index (χ0n) is 11.0. The van der Waals surface area contributed by atoms with Gasteiger partial charge in [-0.2, -0.15) is 0 Å². The van der Waals surface area contributed by atoms with E-state index in [0.29, 0.717) is 6.61 Å². The molecule has 0 fully saturated rings. The van der Waals surface area contributed by atoms with Gasteiger partial charge in [-0.15, -0.1) is 0 Å². The van der Waals surface area contributed by atoms with Gasteiger partial charge in [0.2, 0.25) is 5.91 Å². The summed E-state index contributed by atoms with van der Waals surface area (Å²) >= 11 is 0. The average Bonchev–Trinajstić information content (AvgIpc) is 2.25. The van der Waals surface area contributed by atoms with Crippen molar-refractivity contribution in [3.05, 3.63) is 0 Å². The fraction of sp³-hybridized carbons (Fsp3) is 0.909. The Morgan fingerprint density at radius 1 is 1.38 bits per heavy atom. The van der Waals surface area contributed by atoms with Crippen LogP contribution >= 0.6 is 0 Å². The highest BCUT2D eigenvalue weighted by atomic mass is 16.5. The summed E-state index contributed by atoms with van der Waals surface area (Å²) in [4.78, 5) is 13.4. The Kier molecular flexibility index (Phi) is 7.29. The van der Waals surface area contributed by atoms with Crippen molar-refractivity contribution >= 4 is 5.91 Å². The van der Waals surface area contributed by atoms with Crippen LogP contribution in [0.25, 0.3) is 0 Å². The lowest BCUT2D eigenvalue weighted by molar-refractivity contribution is -0.126. The van der Waals surface area contributed by atoms with E-state index in [-0.39, 0.29) is 24.0 Å². The van der Waals surface area contributed by atoms with E-state index in [4.69, 9.17) is 10.6 Å². The topological polar surface area (TPSA) is 67.6 Å². The molecule has 0 aliphatic carbocycles. The minimum absolute atomic E-state index is 0.131. The molecule has 0 heterocycles. The first-order valence-corrected chi connectivity index (χ1v) is 5.72. The van der Waals surface area contributed by atoms with Crippen LogP contribution < -0.4 is 11.3 Å². The highest BCUT2D eigenvalue weighted by Gasteiger charge is 2.22. The molecule has 3 N–H and O–H groups in total. The third-order valence-electron chi connectivity index (χ3n) is 2.87. The number of hydrogen-bond acceptors (Lipinski definition) is 4. The molecule has 96 valence electrons. The molecule has 0 spiro atoms. The van der Waals surface area contributed by atoms with Crippen LogP contribution in [0.1, 0.15) is 27.7 Å². The molecule has 0 aliphatic rings. The zero-order chi connectivity index (χ0) is 12.7. The molecule has 0 aromatic carbocycles. The van der Waals surface area contributed by atoms with Crippen LogP contribution in [0, 0.1) is 5.92 Å². The Morgan fingerprint density at radius 2 is 1.94 bits per heavy atom. The van der Waals surface area contributed by atoms with Gasteiger partial charge in [-0.05, 0) is 27.8 Å². The third kappa shape index (κ3) is 5.44. The number of hydrogen-bond donors (Lipinski definition) is 2. The summed E-state index contributed by atoms with van der Waals surface area (Å²) in [5.74, 6) is 4.84. The summed E-state index contributed by atoms with van der Waals surface area (Å²) in [6.45, 7) is 9.38. The van der Waals surface area contributed by atoms with Crippen molar-refractivity contribution in [1.82, 2.24) is 10.3 Å². The molecular weight excluding hydrogens is 206 g/mol. The molecule has 2 atom stereocenters. The average molecular weight is 231 g/mol. The first kappa shape index (κ1) is 15.3. The van der Waals surface area contributed by atoms with E-state index in [9.17, 15) is 4.79 Å². The van der Waals surface area contributed by atoms with Gasteiger partial charge < -0.3 is 9.64 Å². The lowest BCUT2D eigenvalue weighted by Crippen LogP contribution is -2.45. The molecule has 0 bridgehead atoms. The first-order valence-electron chi connectivity index (χ1n) is 5.72. The summed E-state index contributed by atoms with van der Waals surface area (Å²) in [6.07, 6.45) is 0.244. The number of rotatable bonds is 7. The smallest absolute Gasteiger partial charge is 0.238 e. The summed E-state index contributed by atoms with van der Waals surface area (Å²) in [5, 5.41) is 0. The van der Waals surface area contributed by atoms with E-state index in [1.54, 1.807) is 0 Å². The van der Waals surface area contributed by atoms with Gasteiger partial charge in [-0.1, -0.05) is 6.92 Å². The van der Waals surface area contributed by atoms with E-state index in [1.165, 1.54) is 0 Å². The third-order valence-corrected chi connectivity index (χ3v) is 2.87. The summed E-state index contributed by atoms with van der Waals surface area (Å²) in [5.41, 5.74) is 2.18. The number of amides is 1. The highest BCUT2D eigenvalue weighted by Crippen LogP contribution is 2.08. The maximum absolute atomic E-state index is 11.3. The van der Waals surface area contributed by atoms with Crippen LogP contribution in [0.3, 0.4) is 0 Å². The second-order valence-corrected chi connectivity index (χ2v) is 4.44. The van der Waals surface area contributed by atoms with E-state index in [1.807, 2.05) is 34.7 Å². The predicted molar refractivity (Wildman–Crippen MR) is 64.7 cm³/mol. The van der Waals surface area contributed by atoms with Gasteiger partial charge in [-0.3, -0.25) is 10.2 Å². The molecule has 0 rings (SSSR count). The van der Waals surface area contributed by atoms with E-state index >= 15 is 0 Å². The minimum Gasteiger partial charge on any atom is -0.377 e. The first-order chi connectivity index (χ1) is 7.40. The molecule has 0 saturated carbocycles. The molecule has 1 amide bonds. The normalized spacial score (nSPS) is 15.2. The van der Waals surface area contributed by atoms with Gasteiger partial charge in [0.15, 0.2) is 0 Å². The summed E-state index contributed by atoms with van der Waals surface area (Å²) in [7, 11) is 1.98. The van der Waals surface area contributed by atoms with Crippen LogP contribution in [-0.2, 0) is 9.53 Å². The molecule has 16 heavy (non-hydrogen) atoms. The summed E-state index contributed by atoms with van der Waals surface area (Å²) in [6, 6.07) is 0.138. The number of carbonyl (C=O) groups excluding carboxylic acids is 1. The van der Waals surface area contributed by atoms with Crippen molar-refractivity contribution in [3.8, 4) is 0 Å². The molecule has 0 aromatic heterocycles. The fourth-order valence-corrected chi connectivity index (χ4v) is 1.37. The molecular formula is C11H25N3O2. The van der Waals surface area contributed by atoms with E-state index in [2.05, 4.69) is 10.3 Å². The highest BCUT2D eigenvalue weighted by molar-refractivity contribution is 5.78. The second kappa shape index (κ2) is 7.60. The molecule has 0 radical (unpaired) electrons. The Labute approximate surface area is 98.3 Å². The molecule has 0 saturated heterocycles. The SMILES string of the molecule is CC(C)OCCN(C)C(C)C(C)C(=O)NN. The van der Waals surface area contributed by atoms with Crippen LogP contribution in [0.5, 0.6) is 0 Å². The van der Waals surface area contributed by atoms with Gasteiger partial charge in [0.25, 0.3) is 0 Å². The van der Waals surface area contributed by atoms with E-state index < -0.39 is 0 Å². The Morgan fingerprint density at radius 3 is 2.38 bits per heavy atom. The lowest BCUT2D eigenvalue weighted by Gasteiger charge is -2.28. The Hall–Kier alpha value is -0.650. The van der Waals surface area contributed by atoms with Gasteiger partial charge in [-0.25, -0.2) is 5.84 Å². The van der Waals surface area contributed by atoms with Gasteiger partial charge in [0, 0.05) is 12.6 Å². The standard InChI is InChI=1S/C11H25N3O2/c1-8(2)16-7-6-14(5)10(4)9(3)11(15)13-12/h8-10H,6-7,12H2,1-5H3,(H,13,15). The number of nitrogens with two attached hydrogens (primary N) is 1. The number of nitrogens with one attached hydrogen (secondary N) is 1. The molecule has 5 heteroatoms. The monoisotopic (exact) mass is 231 g/mol. The van der Waals surface area contributed by atoms with E-state index in [0.717, 1.165) is 6.54 Å². The molecule has 0 aliphatic heterocycles. The molecule has 5 nitrogen and oxygen atoms in total. The number of ether oxygens (including phenoxy) is 1. The predicted octanol–water partition coefficient (Wildman–Crippen LogP) is 0.358. The van der Waals surface area contributed by atoms with Crippen molar-refractivity contribution in [3.63, 3.8) is 0 Å². The quantitative estimate of drug-likeness (QED) is 0.377. The second-order valence-electron chi connectivity index (χ2n) is 4.44. The van der Waals surface area contributed by atoms with Crippen molar-refractivity contribution in [2.24, 2.45) is 11.8 Å². The minimum atomic E-state index is -0.135. The Balaban J connectivity index is 3.97. The maximum atomic E-state index is 11.3. The summed E-state index contributed by atoms with van der Waals surface area (Å²) < 4.78 is 5.46. The molecule has 0 aromatic rings. The fourth-order valence-electron chi connectivity index (χ4n) is 1.37. The van der Waals surface area contributed by atoms with Crippen LogP contribution in [0.2, 0.25) is 0 Å². The van der Waals surface area contributed by atoms with Crippen LogP contribution in [0.4, 0.5) is 0 Å². The Bertz CT molecular complexity index is 209. The van der Waals surface area contributed by atoms with Crippen molar-refractivity contribution in [1.29, 1.82) is 0 Å². The van der Waals surface area contributed by atoms with Crippen LogP contribution in [0.15, 0.2) is 0 Å². The number of carbonyl (C=O) groups is 1. The van der Waals surface area contributed by atoms with Gasteiger partial charge >= 0.3 is 0 Å². The lowest BCUT2D eigenvalue weighted by atomic mass is 10.0. The van der Waals surface area contributed by atoms with Gasteiger partial charge in [0.1, 0.15) is 0 Å². The van der Waals surface area contributed by atoms with Crippen molar-refractivity contribution < 1.29 is 9.53 Å². The molecule has 2 unspecified atom stereocenters. The number of likely N-dealkylation sites (N-methyl/N-ethyl adjacent to an activating group) is 1. The van der Waals surface area contributed by atoms with Crippen LogP contribution in [-0.4, -0.2) is 43.2 Å². The number of nitrogens with zero attached hydrogens (tertiary/aromatic N) is 1.